The third kappa shape index (κ3) is 10.7. The van der Waals surface area contributed by atoms with Crippen LogP contribution >= 0.6 is 0 Å². The number of carboxylic acid groups (broad SMARTS) is 3. The Kier molecular flexibility index (Phi) is 10.9. The van der Waals surface area contributed by atoms with Crippen LogP contribution < -0.4 is 16.0 Å². The van der Waals surface area contributed by atoms with Gasteiger partial charge in [-0.15, -0.1) is 0 Å². The molecule has 0 spiro atoms. The molecule has 0 bridgehead atoms. The Morgan fingerprint density at radius 2 is 1.59 bits per heavy atom. The molecule has 11 heteroatoms. The van der Waals surface area contributed by atoms with Crippen LogP contribution in [0.3, 0.4) is 0 Å². The molecule has 11 nitrogen and oxygen atoms in total. The van der Waals surface area contributed by atoms with Gasteiger partial charge in [0, 0.05) is 19.2 Å². The molecule has 2 atom stereocenters. The minimum Gasteiger partial charge on any atom is -0.481 e. The van der Waals surface area contributed by atoms with Crippen molar-refractivity contribution in [1.29, 1.82) is 0 Å². The lowest BCUT2D eigenvalue weighted by molar-refractivity contribution is -0.140. The smallest absolute Gasteiger partial charge is 0.326 e. The molecule has 0 unspecified atom stereocenters. The first-order valence-corrected chi connectivity index (χ1v) is 9.32. The second kappa shape index (κ2) is 13.2. The second-order valence-electron chi connectivity index (χ2n) is 6.53. The van der Waals surface area contributed by atoms with E-state index in [1.54, 1.807) is 0 Å². The lowest BCUT2D eigenvalue weighted by Crippen LogP contribution is -2.51. The van der Waals surface area contributed by atoms with Crippen LogP contribution in [0.15, 0.2) is 24.4 Å². The van der Waals surface area contributed by atoms with Crippen LogP contribution in [0.4, 0.5) is 4.79 Å². The summed E-state index contributed by atoms with van der Waals surface area (Å²) in [5, 5.41) is 34.4. The molecule has 1 aliphatic heterocycles. The quantitative estimate of drug-likeness (QED) is 0.218. The number of hydrogen-bond acceptors (Lipinski definition) is 6. The highest BCUT2D eigenvalue weighted by molar-refractivity contribution is 5.86. The molecule has 0 radical (unpaired) electrons. The number of nitrogens with one attached hydrogen (secondary N) is 3. The van der Waals surface area contributed by atoms with Gasteiger partial charge in [0.15, 0.2) is 0 Å². The molecule has 29 heavy (non-hydrogen) atoms. The number of rotatable bonds is 14. The fraction of sp³-hybridized carbons (Fsp3) is 0.556. The Bertz CT molecular complexity index is 636. The van der Waals surface area contributed by atoms with Gasteiger partial charge in [0.05, 0.1) is 6.67 Å². The zero-order chi connectivity index (χ0) is 21.6. The van der Waals surface area contributed by atoms with Crippen molar-refractivity contribution in [3.8, 4) is 0 Å². The van der Waals surface area contributed by atoms with Gasteiger partial charge in [-0.3, -0.25) is 10.1 Å². The Hall–Kier alpha value is -3.08. The first-order valence-electron chi connectivity index (χ1n) is 9.32. The van der Waals surface area contributed by atoms with E-state index in [0.29, 0.717) is 26.1 Å². The van der Waals surface area contributed by atoms with Gasteiger partial charge in [-0.2, -0.15) is 0 Å². The molecule has 1 heterocycles. The first-order chi connectivity index (χ1) is 13.8. The lowest BCUT2D eigenvalue weighted by Gasteiger charge is -2.21. The number of unbranched alkanes of at least 4 members (excludes halogenated alkanes) is 1. The van der Waals surface area contributed by atoms with Gasteiger partial charge in [0.1, 0.15) is 12.1 Å². The first kappa shape index (κ1) is 24.0. The number of hydrogen-bond donors (Lipinski definition) is 6. The van der Waals surface area contributed by atoms with Crippen LogP contribution in [0, 0.1) is 0 Å². The van der Waals surface area contributed by atoms with E-state index in [2.05, 4.69) is 20.9 Å². The molecule has 0 saturated heterocycles. The van der Waals surface area contributed by atoms with Crippen LogP contribution in [0.1, 0.15) is 32.1 Å². The minimum atomic E-state index is -1.41. The summed E-state index contributed by atoms with van der Waals surface area (Å²) in [6, 6.07) is -3.54. The monoisotopic (exact) mass is 412 g/mol. The van der Waals surface area contributed by atoms with E-state index in [9.17, 15) is 24.3 Å². The molecular weight excluding hydrogens is 384 g/mol. The fourth-order valence-electron chi connectivity index (χ4n) is 2.59. The molecule has 6 N–H and O–H groups in total. The van der Waals surface area contributed by atoms with Crippen molar-refractivity contribution >= 4 is 23.9 Å². The lowest BCUT2D eigenvalue weighted by atomic mass is 10.1. The summed E-state index contributed by atoms with van der Waals surface area (Å²) < 4.78 is 0. The number of amides is 2. The van der Waals surface area contributed by atoms with Crippen molar-refractivity contribution < 1.29 is 34.5 Å². The molecular formula is C18H28N4O7. The maximum Gasteiger partial charge on any atom is 0.326 e. The van der Waals surface area contributed by atoms with Gasteiger partial charge < -0.3 is 30.9 Å². The largest absolute Gasteiger partial charge is 0.481 e. The summed E-state index contributed by atoms with van der Waals surface area (Å²) >= 11 is 0. The molecule has 0 aromatic carbocycles. The summed E-state index contributed by atoms with van der Waals surface area (Å²) in [6.45, 7) is 2.19. The van der Waals surface area contributed by atoms with Gasteiger partial charge in [0.25, 0.3) is 0 Å². The van der Waals surface area contributed by atoms with Gasteiger partial charge in [-0.1, -0.05) is 12.2 Å². The zero-order valence-corrected chi connectivity index (χ0v) is 16.0. The van der Waals surface area contributed by atoms with Crippen molar-refractivity contribution in [2.75, 3.05) is 19.8 Å². The number of urea groups is 1. The van der Waals surface area contributed by atoms with Crippen molar-refractivity contribution in [2.24, 2.45) is 0 Å². The fourth-order valence-corrected chi connectivity index (χ4v) is 2.59. The third-order valence-corrected chi connectivity index (χ3v) is 4.15. The topological polar surface area (TPSA) is 168 Å². The Morgan fingerprint density at radius 1 is 0.931 bits per heavy atom. The van der Waals surface area contributed by atoms with Crippen molar-refractivity contribution in [3.63, 3.8) is 0 Å². The highest BCUT2D eigenvalue weighted by Gasteiger charge is 2.24. The molecule has 1 rings (SSSR count). The molecule has 0 fully saturated rings. The predicted octanol–water partition coefficient (Wildman–Crippen LogP) is 0.160. The maximum absolute atomic E-state index is 11.9. The summed E-state index contributed by atoms with van der Waals surface area (Å²) in [5.41, 5.74) is 0. The van der Waals surface area contributed by atoms with Crippen molar-refractivity contribution in [3.05, 3.63) is 24.4 Å². The van der Waals surface area contributed by atoms with Gasteiger partial charge in [-0.25, -0.2) is 14.4 Å². The molecule has 0 aliphatic carbocycles. The highest BCUT2D eigenvalue weighted by Crippen LogP contribution is 2.03. The highest BCUT2D eigenvalue weighted by atomic mass is 16.4. The zero-order valence-electron chi connectivity index (χ0n) is 16.0. The average Bonchev–Trinajstić information content (AvgIpc) is 2.67. The number of carboxylic acids is 3. The van der Waals surface area contributed by atoms with Crippen LogP contribution in [-0.2, 0) is 14.4 Å². The SMILES string of the molecule is O=C(O)CC[C@H](NC(=O)N[C@H](CCCCNCN1C=CC=CC1)C(=O)O)C(=O)O. The summed E-state index contributed by atoms with van der Waals surface area (Å²) in [7, 11) is 0. The number of carbonyl (C=O) groups is 4. The summed E-state index contributed by atoms with van der Waals surface area (Å²) in [4.78, 5) is 46.9. The van der Waals surface area contributed by atoms with Gasteiger partial charge >= 0.3 is 23.9 Å². The van der Waals surface area contributed by atoms with E-state index in [1.165, 1.54) is 0 Å². The molecule has 162 valence electrons. The number of allylic oxidation sites excluding steroid dienone is 2. The standard InChI is InChI=1S/C18H28N4O7/c23-15(24)8-7-14(17(27)28)21-18(29)20-13(16(25)26)6-2-3-9-19-12-22-10-4-1-5-11-22/h1,4-5,10,13-14,19H,2-3,6-9,11-12H2,(H,23,24)(H,25,26)(H,27,28)(H2,20,21,29)/t13-,14+/m1/s1. The van der Waals surface area contributed by atoms with E-state index in [-0.39, 0.29) is 12.8 Å². The van der Waals surface area contributed by atoms with Crippen LogP contribution in [0.5, 0.6) is 0 Å². The van der Waals surface area contributed by atoms with E-state index < -0.39 is 42.4 Å². The Labute approximate surface area is 168 Å². The number of nitrogens with zero attached hydrogens (tertiary/aromatic N) is 1. The number of carbonyl (C=O) groups excluding carboxylic acids is 1. The van der Waals surface area contributed by atoms with Gasteiger partial charge in [0.2, 0.25) is 0 Å². The van der Waals surface area contributed by atoms with Crippen LogP contribution in [-0.4, -0.2) is 76.0 Å². The molecule has 1 aliphatic rings. The van der Waals surface area contributed by atoms with E-state index in [4.69, 9.17) is 10.2 Å². The van der Waals surface area contributed by atoms with Crippen LogP contribution in [0.25, 0.3) is 0 Å². The minimum absolute atomic E-state index is 0.184. The third-order valence-electron chi connectivity index (χ3n) is 4.15. The average molecular weight is 412 g/mol. The van der Waals surface area contributed by atoms with Crippen molar-refractivity contribution in [1.82, 2.24) is 20.9 Å². The summed E-state index contributed by atoms with van der Waals surface area (Å²) in [6.07, 6.45) is 8.61. The Balaban J connectivity index is 2.30. The molecule has 0 saturated carbocycles. The van der Waals surface area contributed by atoms with E-state index in [1.807, 2.05) is 24.4 Å². The Morgan fingerprint density at radius 3 is 2.14 bits per heavy atom. The molecule has 0 aromatic rings. The second-order valence-corrected chi connectivity index (χ2v) is 6.53. The van der Waals surface area contributed by atoms with Crippen molar-refractivity contribution in [2.45, 2.75) is 44.2 Å². The molecule has 0 aromatic heterocycles. The van der Waals surface area contributed by atoms with Gasteiger partial charge in [-0.05, 0) is 38.3 Å². The maximum atomic E-state index is 11.9. The predicted molar refractivity (Wildman–Crippen MR) is 103 cm³/mol. The summed E-state index contributed by atoms with van der Waals surface area (Å²) in [5.74, 6) is -3.81. The van der Waals surface area contributed by atoms with Crippen LogP contribution in [0.2, 0.25) is 0 Å². The normalized spacial score (nSPS) is 14.8. The number of aliphatic carboxylic acids is 3. The van der Waals surface area contributed by atoms with E-state index >= 15 is 0 Å². The molecule has 2 amide bonds. The van der Waals surface area contributed by atoms with E-state index in [0.717, 1.165) is 6.54 Å².